The molecule has 2 amide bonds. The summed E-state index contributed by atoms with van der Waals surface area (Å²) in [4.78, 5) is 23.9. The van der Waals surface area contributed by atoms with Crippen molar-refractivity contribution in [2.45, 2.75) is 24.8 Å². The van der Waals surface area contributed by atoms with Crippen LogP contribution in [0.25, 0.3) is 16.6 Å². The molecule has 1 N–H and O–H groups in total. The molecule has 0 spiro atoms. The Labute approximate surface area is 206 Å². The van der Waals surface area contributed by atoms with Crippen LogP contribution in [-0.4, -0.2) is 89.7 Å². The SMILES string of the molecule is CN1CCN(C)C(CNC(=O)N2CCC(c3cn(-c4ccc(Cl)cc4)c4cnccc34)CC2)C1. The number of fused-ring (bicyclic) bond motifs is 1. The van der Waals surface area contributed by atoms with Gasteiger partial charge in [-0.2, -0.15) is 0 Å². The van der Waals surface area contributed by atoms with Gasteiger partial charge in [-0.15, -0.1) is 0 Å². The van der Waals surface area contributed by atoms with Crippen LogP contribution in [0.1, 0.15) is 24.3 Å². The van der Waals surface area contributed by atoms with Gasteiger partial charge in [-0.1, -0.05) is 11.6 Å². The van der Waals surface area contributed by atoms with E-state index in [1.54, 1.807) is 0 Å². The molecule has 7 nitrogen and oxygen atoms in total. The summed E-state index contributed by atoms with van der Waals surface area (Å²) >= 11 is 6.10. The van der Waals surface area contributed by atoms with Crippen LogP contribution in [0.2, 0.25) is 5.02 Å². The monoisotopic (exact) mass is 480 g/mol. The number of pyridine rings is 1. The quantitative estimate of drug-likeness (QED) is 0.617. The number of carbonyl (C=O) groups is 1. The molecule has 0 saturated carbocycles. The summed E-state index contributed by atoms with van der Waals surface area (Å²) in [6, 6.07) is 10.4. The average molecular weight is 481 g/mol. The zero-order chi connectivity index (χ0) is 23.7. The molecule has 1 unspecified atom stereocenters. The minimum absolute atomic E-state index is 0.0628. The van der Waals surface area contributed by atoms with E-state index in [0.29, 0.717) is 18.5 Å². The number of hydrogen-bond acceptors (Lipinski definition) is 4. The van der Waals surface area contributed by atoms with Crippen LogP contribution in [0, 0.1) is 0 Å². The molecule has 3 aromatic rings. The van der Waals surface area contributed by atoms with Crippen molar-refractivity contribution in [1.29, 1.82) is 0 Å². The van der Waals surface area contributed by atoms with Gasteiger partial charge in [0.2, 0.25) is 0 Å². The van der Waals surface area contributed by atoms with E-state index >= 15 is 0 Å². The van der Waals surface area contributed by atoms with Gasteiger partial charge in [-0.3, -0.25) is 9.88 Å². The Morgan fingerprint density at radius 3 is 2.62 bits per heavy atom. The zero-order valence-corrected chi connectivity index (χ0v) is 20.7. The maximum Gasteiger partial charge on any atom is 0.317 e. The molecule has 180 valence electrons. The fourth-order valence-corrected chi connectivity index (χ4v) is 5.40. The lowest BCUT2D eigenvalue weighted by Gasteiger charge is -2.38. The first kappa shape index (κ1) is 23.1. The minimum Gasteiger partial charge on any atom is -0.336 e. The molecule has 0 bridgehead atoms. The lowest BCUT2D eigenvalue weighted by atomic mass is 9.89. The van der Waals surface area contributed by atoms with E-state index in [4.69, 9.17) is 11.6 Å². The molecular weight excluding hydrogens is 448 g/mol. The van der Waals surface area contributed by atoms with E-state index in [2.05, 4.69) is 51.0 Å². The molecule has 2 aliphatic heterocycles. The normalized spacial score (nSPS) is 20.7. The first-order chi connectivity index (χ1) is 16.5. The number of benzene rings is 1. The van der Waals surface area contributed by atoms with Crippen LogP contribution < -0.4 is 5.32 Å². The molecule has 4 heterocycles. The second-order valence-corrected chi connectivity index (χ2v) is 10.1. The third-order valence-electron chi connectivity index (χ3n) is 7.43. The number of hydrogen-bond donors (Lipinski definition) is 1. The summed E-state index contributed by atoms with van der Waals surface area (Å²) in [5, 5.41) is 5.14. The van der Waals surface area contributed by atoms with E-state index < -0.39 is 0 Å². The number of likely N-dealkylation sites (N-methyl/N-ethyl adjacent to an activating group) is 2. The summed E-state index contributed by atoms with van der Waals surface area (Å²) in [5.41, 5.74) is 3.50. The Kier molecular flexibility index (Phi) is 6.77. The molecular formula is C26H33ClN6O. The van der Waals surface area contributed by atoms with Gasteiger partial charge in [0, 0.05) is 73.8 Å². The van der Waals surface area contributed by atoms with Crippen molar-refractivity contribution in [1.82, 2.24) is 29.6 Å². The highest BCUT2D eigenvalue weighted by atomic mass is 35.5. The lowest BCUT2D eigenvalue weighted by Crippen LogP contribution is -2.55. The maximum atomic E-state index is 12.9. The van der Waals surface area contributed by atoms with Crippen LogP contribution in [0.5, 0.6) is 0 Å². The summed E-state index contributed by atoms with van der Waals surface area (Å²) in [7, 11) is 4.29. The Morgan fingerprint density at radius 1 is 1.09 bits per heavy atom. The number of nitrogens with one attached hydrogen (secondary N) is 1. The first-order valence-corrected chi connectivity index (χ1v) is 12.5. The van der Waals surface area contributed by atoms with Crippen molar-refractivity contribution in [2.75, 3.05) is 53.4 Å². The number of rotatable bonds is 4. The Hall–Kier alpha value is -2.61. The number of likely N-dealkylation sites (tertiary alicyclic amines) is 1. The number of urea groups is 1. The number of piperidine rings is 1. The van der Waals surface area contributed by atoms with Gasteiger partial charge < -0.3 is 19.7 Å². The van der Waals surface area contributed by atoms with Gasteiger partial charge >= 0.3 is 6.03 Å². The second kappa shape index (κ2) is 9.94. The van der Waals surface area contributed by atoms with Gasteiger partial charge in [0.25, 0.3) is 0 Å². The molecule has 5 rings (SSSR count). The maximum absolute atomic E-state index is 12.9. The lowest BCUT2D eigenvalue weighted by molar-refractivity contribution is 0.111. The predicted molar refractivity (Wildman–Crippen MR) is 137 cm³/mol. The van der Waals surface area contributed by atoms with E-state index in [-0.39, 0.29) is 6.03 Å². The molecule has 2 aliphatic rings. The van der Waals surface area contributed by atoms with Crippen molar-refractivity contribution >= 4 is 28.5 Å². The van der Waals surface area contributed by atoms with Gasteiger partial charge in [0.05, 0.1) is 11.7 Å². The van der Waals surface area contributed by atoms with Crippen LogP contribution in [-0.2, 0) is 0 Å². The molecule has 2 aromatic heterocycles. The number of carbonyl (C=O) groups excluding carboxylic acids is 1. The van der Waals surface area contributed by atoms with E-state index in [0.717, 1.165) is 61.8 Å². The van der Waals surface area contributed by atoms with Crippen molar-refractivity contribution in [3.63, 3.8) is 0 Å². The van der Waals surface area contributed by atoms with E-state index in [1.165, 1.54) is 10.9 Å². The highest BCUT2D eigenvalue weighted by molar-refractivity contribution is 6.30. The number of halogens is 1. The summed E-state index contributed by atoms with van der Waals surface area (Å²) < 4.78 is 2.20. The topological polar surface area (TPSA) is 56.6 Å². The van der Waals surface area contributed by atoms with Crippen molar-refractivity contribution in [2.24, 2.45) is 0 Å². The number of aromatic nitrogens is 2. The second-order valence-electron chi connectivity index (χ2n) is 9.67. The smallest absolute Gasteiger partial charge is 0.317 e. The molecule has 2 saturated heterocycles. The molecule has 1 aromatic carbocycles. The number of amides is 2. The molecule has 2 fully saturated rings. The van der Waals surface area contributed by atoms with Crippen LogP contribution >= 0.6 is 11.6 Å². The van der Waals surface area contributed by atoms with Crippen LogP contribution in [0.4, 0.5) is 4.79 Å². The third-order valence-corrected chi connectivity index (χ3v) is 7.69. The van der Waals surface area contributed by atoms with Crippen LogP contribution in [0.3, 0.4) is 0 Å². The number of piperazine rings is 1. The van der Waals surface area contributed by atoms with Crippen LogP contribution in [0.15, 0.2) is 48.9 Å². The zero-order valence-electron chi connectivity index (χ0n) is 20.0. The Balaban J connectivity index is 1.24. The van der Waals surface area contributed by atoms with Gasteiger partial charge in [-0.25, -0.2) is 4.79 Å². The molecule has 34 heavy (non-hydrogen) atoms. The molecule has 1 atom stereocenters. The minimum atomic E-state index is 0.0628. The fraction of sp³-hybridized carbons (Fsp3) is 0.462. The predicted octanol–water partition coefficient (Wildman–Crippen LogP) is 3.81. The van der Waals surface area contributed by atoms with Gasteiger partial charge in [0.1, 0.15) is 0 Å². The largest absolute Gasteiger partial charge is 0.336 e. The standard InChI is InChI=1S/C26H33ClN6O/c1-30-13-14-31(2)22(17-30)15-29-26(34)32-11-8-19(9-12-32)24-18-33(21-5-3-20(27)4-6-21)25-16-28-10-7-23(24)25/h3-7,10,16,18-19,22H,8-9,11-15,17H2,1-2H3,(H,29,34). The Bertz CT molecular complexity index is 1140. The third kappa shape index (κ3) is 4.78. The highest BCUT2D eigenvalue weighted by Gasteiger charge is 2.28. The summed E-state index contributed by atoms with van der Waals surface area (Å²) in [5.74, 6) is 0.417. The average Bonchev–Trinajstić information content (AvgIpc) is 3.25. The first-order valence-electron chi connectivity index (χ1n) is 12.1. The Morgan fingerprint density at radius 2 is 1.85 bits per heavy atom. The van der Waals surface area contributed by atoms with Crippen molar-refractivity contribution < 1.29 is 4.79 Å². The fourth-order valence-electron chi connectivity index (χ4n) is 5.27. The molecule has 0 aliphatic carbocycles. The number of nitrogens with zero attached hydrogens (tertiary/aromatic N) is 5. The highest BCUT2D eigenvalue weighted by Crippen LogP contribution is 2.35. The summed E-state index contributed by atoms with van der Waals surface area (Å²) in [6.45, 7) is 5.36. The van der Waals surface area contributed by atoms with Crippen molar-refractivity contribution in [3.8, 4) is 5.69 Å². The summed E-state index contributed by atoms with van der Waals surface area (Å²) in [6.07, 6.45) is 7.95. The van der Waals surface area contributed by atoms with Gasteiger partial charge in [0.15, 0.2) is 0 Å². The van der Waals surface area contributed by atoms with E-state index in [1.807, 2.05) is 41.6 Å². The molecule has 8 heteroatoms. The van der Waals surface area contributed by atoms with E-state index in [9.17, 15) is 4.79 Å². The van der Waals surface area contributed by atoms with Gasteiger partial charge in [-0.05, 0) is 68.8 Å². The van der Waals surface area contributed by atoms with Crippen molar-refractivity contribution in [3.05, 3.63) is 59.5 Å². The molecule has 0 radical (unpaired) electrons.